The van der Waals surface area contributed by atoms with Crippen LogP contribution in [0.4, 0.5) is 17.1 Å². The topological polar surface area (TPSA) is 108 Å². The molecular weight excluding hydrogens is 880 g/mol. The van der Waals surface area contributed by atoms with Crippen LogP contribution in [0.3, 0.4) is 0 Å². The predicted molar refractivity (Wildman–Crippen MR) is 271 cm³/mol. The van der Waals surface area contributed by atoms with E-state index in [1.807, 2.05) is 36.4 Å². The Hall–Kier alpha value is -4.12. The lowest BCUT2D eigenvalue weighted by Crippen LogP contribution is -2.48. The first-order chi connectivity index (χ1) is 31.1. The molecule has 3 atom stereocenters. The number of halogens is 1. The maximum absolute atomic E-state index is 12.1. The zero-order valence-corrected chi connectivity index (χ0v) is 40.2. The molecule has 0 saturated carbocycles. The summed E-state index contributed by atoms with van der Waals surface area (Å²) in [7, 11) is 2.18. The molecule has 1 aromatic heterocycles. The summed E-state index contributed by atoms with van der Waals surface area (Å²) in [5.41, 5.74) is 11.2. The van der Waals surface area contributed by atoms with Gasteiger partial charge in [-0.3, -0.25) is 10.1 Å². The number of nitrogens with zero attached hydrogens (tertiary/aromatic N) is 6. The molecule has 5 aromatic rings. The third kappa shape index (κ3) is 11.5. The number of benzene rings is 4. The fraction of sp³-hybridized carbons (Fsp3) is 0.388. The van der Waals surface area contributed by atoms with E-state index in [2.05, 4.69) is 120 Å². The first-order valence-corrected chi connectivity index (χ1v) is 26.0. The van der Waals surface area contributed by atoms with Gasteiger partial charge in [0.25, 0.3) is 5.70 Å². The lowest BCUT2D eigenvalue weighted by molar-refractivity contribution is -0.431. The number of anilines is 3. The van der Waals surface area contributed by atoms with Crippen LogP contribution in [0.15, 0.2) is 120 Å². The number of piperazine rings is 2. The van der Waals surface area contributed by atoms with E-state index in [0.717, 1.165) is 100 Å². The Balaban J connectivity index is 0.878. The second-order valence-electron chi connectivity index (χ2n) is 16.7. The number of nitrogens with one attached hydrogen (secondary N) is 2. The van der Waals surface area contributed by atoms with Crippen molar-refractivity contribution < 1.29 is 9.48 Å². The van der Waals surface area contributed by atoms with E-state index in [1.165, 1.54) is 44.3 Å². The molecule has 2 N–H and O–H groups in total. The van der Waals surface area contributed by atoms with Crippen molar-refractivity contribution in [2.75, 3.05) is 92.0 Å². The summed E-state index contributed by atoms with van der Waals surface area (Å²) >= 11 is 8.76. The van der Waals surface area contributed by atoms with Gasteiger partial charge >= 0.3 is 0 Å². The monoisotopic (exact) mass is 938 g/mol. The first-order valence-electron chi connectivity index (χ1n) is 22.3. The second-order valence-corrected chi connectivity index (χ2v) is 20.7. The summed E-state index contributed by atoms with van der Waals surface area (Å²) in [6.45, 7) is 11.1. The van der Waals surface area contributed by atoms with E-state index in [9.17, 15) is 14.7 Å². The normalized spacial score (nSPS) is 19.1. The summed E-state index contributed by atoms with van der Waals surface area (Å²) in [5, 5.41) is 16.2. The molecule has 2 aliphatic heterocycles. The summed E-state index contributed by atoms with van der Waals surface area (Å²) in [6, 6.07) is 35.9. The van der Waals surface area contributed by atoms with Gasteiger partial charge in [0.1, 0.15) is 6.26 Å². The second kappa shape index (κ2) is 21.9. The van der Waals surface area contributed by atoms with Crippen molar-refractivity contribution in [3.63, 3.8) is 0 Å². The van der Waals surface area contributed by atoms with Crippen LogP contribution >= 0.6 is 35.3 Å². The highest BCUT2D eigenvalue weighted by Gasteiger charge is 2.31. The third-order valence-electron chi connectivity index (χ3n) is 12.8. The van der Waals surface area contributed by atoms with Crippen LogP contribution < -0.4 is 19.8 Å². The molecule has 64 heavy (non-hydrogen) atoms. The number of rotatable bonds is 17. The summed E-state index contributed by atoms with van der Waals surface area (Å²) in [6.07, 6.45) is 6.13. The highest BCUT2D eigenvalue weighted by atomic mass is 35.5. The molecule has 8 rings (SSSR count). The minimum atomic E-state index is -0.922. The molecule has 1 aliphatic carbocycles. The third-order valence-corrected chi connectivity index (χ3v) is 16.2. The van der Waals surface area contributed by atoms with Crippen LogP contribution in [0.5, 0.6) is 0 Å². The van der Waals surface area contributed by atoms with Crippen molar-refractivity contribution in [3.8, 4) is 22.4 Å². The molecule has 0 spiro atoms. The minimum Gasteiger partial charge on any atom is -0.598 e. The number of nitro groups is 1. The molecular formula is C49H59ClN8O3S3. The molecule has 3 aliphatic rings. The van der Waals surface area contributed by atoms with Gasteiger partial charge in [-0.15, -0.1) is 16.1 Å². The van der Waals surface area contributed by atoms with Gasteiger partial charge in [-0.05, 0) is 115 Å². The van der Waals surface area contributed by atoms with E-state index in [4.69, 9.17) is 11.6 Å². The molecule has 4 aromatic carbocycles. The summed E-state index contributed by atoms with van der Waals surface area (Å²) in [5.74, 6) is 0.860. The Morgan fingerprint density at radius 3 is 2.22 bits per heavy atom. The highest BCUT2D eigenvalue weighted by molar-refractivity contribution is 8.01. The van der Waals surface area contributed by atoms with Crippen LogP contribution in [0.1, 0.15) is 24.1 Å². The van der Waals surface area contributed by atoms with E-state index < -0.39 is 11.4 Å². The van der Waals surface area contributed by atoms with Crippen molar-refractivity contribution in [2.45, 2.75) is 42.4 Å². The van der Waals surface area contributed by atoms with Crippen LogP contribution in [0.2, 0.25) is 5.02 Å². The number of thioether (sulfide) groups is 1. The maximum atomic E-state index is 12.1. The molecule has 15 heteroatoms. The SMILES string of the molecule is Cc1c(CCN2CCN([S+](C)[O-])CC2)c(-c2cccc(N3CCN(c4ccc(NSC5C=C([N+](=O)[O-])C(NCCSc6ccccc6)CC5)cc4)CC3)c2)c(-c2ccc(Cl)cc2)n1C. The molecule has 3 unspecified atom stereocenters. The number of aromatic nitrogens is 1. The molecule has 0 bridgehead atoms. The average molecular weight is 940 g/mol. The standard InChI is InChI=1S/C49H59ClN8O3S3/c1-36-45(22-24-54-25-31-57(32-26-54)64(3)61)48(49(53(36)2)37-12-14-39(50)15-13-37)38-8-7-9-42(34-38)56-29-27-55(28-30-56)41-18-16-40(17-19-41)52-63-44-20-21-46(47(35-44)58(59)60)51-23-33-62-43-10-5-4-6-11-43/h4-19,34-35,44,46,51-52H,20-33H2,1-3H3. The van der Waals surface area contributed by atoms with Gasteiger partial charge in [-0.1, -0.05) is 54.1 Å². The van der Waals surface area contributed by atoms with Crippen LogP contribution in [0, 0.1) is 17.0 Å². The molecule has 338 valence electrons. The highest BCUT2D eigenvalue weighted by Crippen LogP contribution is 2.41. The van der Waals surface area contributed by atoms with Gasteiger partial charge in [-0.25, -0.2) is 0 Å². The zero-order valence-electron chi connectivity index (χ0n) is 37.0. The molecule has 0 radical (unpaired) electrons. The Morgan fingerprint density at radius 1 is 0.828 bits per heavy atom. The van der Waals surface area contributed by atoms with E-state index in [0.29, 0.717) is 6.54 Å². The number of hydrogen-bond donors (Lipinski definition) is 2. The van der Waals surface area contributed by atoms with Crippen LogP contribution in [-0.4, -0.2) is 112 Å². The van der Waals surface area contributed by atoms with Crippen molar-refractivity contribution in [1.82, 2.24) is 19.1 Å². The first kappa shape index (κ1) is 46.4. The Kier molecular flexibility index (Phi) is 15.9. The minimum absolute atomic E-state index is 0.0201. The number of hydrogen-bond acceptors (Lipinski definition) is 11. The lowest BCUT2D eigenvalue weighted by Gasteiger charge is -2.37. The molecule has 2 saturated heterocycles. The van der Waals surface area contributed by atoms with E-state index >= 15 is 0 Å². The van der Waals surface area contributed by atoms with Crippen LogP contribution in [0.25, 0.3) is 22.4 Å². The van der Waals surface area contributed by atoms with Gasteiger partial charge < -0.3 is 33.9 Å². The zero-order chi connectivity index (χ0) is 44.6. The largest absolute Gasteiger partial charge is 0.598 e. The van der Waals surface area contributed by atoms with Gasteiger partial charge in [0.2, 0.25) is 0 Å². The van der Waals surface area contributed by atoms with Gasteiger partial charge in [-0.2, -0.15) is 0 Å². The molecule has 3 heterocycles. The Labute approximate surface area is 395 Å². The Morgan fingerprint density at radius 2 is 1.53 bits per heavy atom. The predicted octanol–water partition coefficient (Wildman–Crippen LogP) is 9.23. The maximum Gasteiger partial charge on any atom is 0.260 e. The van der Waals surface area contributed by atoms with Crippen molar-refractivity contribution in [1.29, 1.82) is 0 Å². The van der Waals surface area contributed by atoms with Crippen molar-refractivity contribution in [2.24, 2.45) is 7.05 Å². The quantitative estimate of drug-likeness (QED) is 0.0233. The van der Waals surface area contributed by atoms with Gasteiger partial charge in [0.05, 0.1) is 29.7 Å². The lowest BCUT2D eigenvalue weighted by atomic mass is 9.94. The smallest absolute Gasteiger partial charge is 0.260 e. The molecule has 2 fully saturated rings. The van der Waals surface area contributed by atoms with Crippen molar-refractivity contribution in [3.05, 3.63) is 141 Å². The van der Waals surface area contributed by atoms with Crippen molar-refractivity contribution >= 4 is 63.7 Å². The van der Waals surface area contributed by atoms with E-state index in [-0.39, 0.29) is 21.9 Å². The Bertz CT molecular complexity index is 2350. The fourth-order valence-electron chi connectivity index (χ4n) is 9.14. The van der Waals surface area contributed by atoms with Crippen LogP contribution in [-0.2, 0) is 24.8 Å². The molecule has 0 amide bonds. The van der Waals surface area contributed by atoms with E-state index in [1.54, 1.807) is 30.0 Å². The fourth-order valence-corrected chi connectivity index (χ4v) is 11.6. The average Bonchev–Trinajstić information content (AvgIpc) is 3.58. The molecule has 11 nitrogen and oxygen atoms in total. The summed E-state index contributed by atoms with van der Waals surface area (Å²) < 4.78 is 20.0. The summed E-state index contributed by atoms with van der Waals surface area (Å²) in [4.78, 5) is 20.5. The van der Waals surface area contributed by atoms with Gasteiger partial charge in [0.15, 0.2) is 0 Å². The van der Waals surface area contributed by atoms with Gasteiger partial charge in [0, 0.05) is 126 Å².